The number of carbonyl (C=O) groups excluding carboxylic acids is 1. The number of para-hydroxylation sites is 2. The third-order valence-electron chi connectivity index (χ3n) is 3.91. The number of ether oxygens (including phenoxy) is 2. The normalized spacial score (nSPS) is 13.5. The molecule has 26 heavy (non-hydrogen) atoms. The first-order chi connectivity index (χ1) is 12.2. The second kappa shape index (κ2) is 8.23. The summed E-state index contributed by atoms with van der Waals surface area (Å²) >= 11 is 0. The van der Waals surface area contributed by atoms with Gasteiger partial charge in [-0.2, -0.15) is 0 Å². The SMILES string of the molecule is COc1ccccc1O[C@H](C)C(=O)N[C@@H](C)c1ccc(S(C)(=O)=O)cc1. The fourth-order valence-corrected chi connectivity index (χ4v) is 3.01. The van der Waals surface area contributed by atoms with Gasteiger partial charge >= 0.3 is 0 Å². The summed E-state index contributed by atoms with van der Waals surface area (Å²) in [7, 11) is -1.71. The summed E-state index contributed by atoms with van der Waals surface area (Å²) in [5.74, 6) is 0.759. The Morgan fingerprint density at radius 1 is 1.00 bits per heavy atom. The van der Waals surface area contributed by atoms with E-state index in [4.69, 9.17) is 9.47 Å². The van der Waals surface area contributed by atoms with Gasteiger partial charge in [0.25, 0.3) is 5.91 Å². The Labute approximate surface area is 154 Å². The summed E-state index contributed by atoms with van der Waals surface area (Å²) in [6.07, 6.45) is 0.438. The lowest BCUT2D eigenvalue weighted by molar-refractivity contribution is -0.127. The predicted molar refractivity (Wildman–Crippen MR) is 99.2 cm³/mol. The maximum atomic E-state index is 12.4. The fraction of sp³-hybridized carbons (Fsp3) is 0.316. The van der Waals surface area contributed by atoms with E-state index in [9.17, 15) is 13.2 Å². The molecule has 0 radical (unpaired) electrons. The van der Waals surface area contributed by atoms with E-state index in [2.05, 4.69) is 5.32 Å². The van der Waals surface area contributed by atoms with E-state index in [0.717, 1.165) is 11.8 Å². The highest BCUT2D eigenvalue weighted by Gasteiger charge is 2.19. The number of methoxy groups -OCH3 is 1. The van der Waals surface area contributed by atoms with Crippen LogP contribution in [0.1, 0.15) is 25.5 Å². The second-order valence-electron chi connectivity index (χ2n) is 5.98. The van der Waals surface area contributed by atoms with E-state index in [-0.39, 0.29) is 16.8 Å². The third kappa shape index (κ3) is 4.98. The molecule has 0 spiro atoms. The molecule has 0 aliphatic rings. The van der Waals surface area contributed by atoms with Crippen LogP contribution in [0.4, 0.5) is 0 Å². The standard InChI is InChI=1S/C19H23NO5S/c1-13(15-9-11-16(12-10-15)26(4,22)23)20-19(21)14(2)25-18-8-6-5-7-17(18)24-3/h5-14H,1-4H3,(H,20,21)/t13-,14+/m0/s1. The molecule has 0 aliphatic carbocycles. The topological polar surface area (TPSA) is 81.7 Å². The monoisotopic (exact) mass is 377 g/mol. The van der Waals surface area contributed by atoms with Crippen molar-refractivity contribution in [2.75, 3.05) is 13.4 Å². The van der Waals surface area contributed by atoms with Crippen molar-refractivity contribution >= 4 is 15.7 Å². The molecule has 2 rings (SSSR count). The van der Waals surface area contributed by atoms with E-state index in [1.54, 1.807) is 37.3 Å². The first-order valence-electron chi connectivity index (χ1n) is 8.12. The molecule has 0 unspecified atom stereocenters. The van der Waals surface area contributed by atoms with Gasteiger partial charge in [-0.3, -0.25) is 4.79 Å². The molecule has 1 N–H and O–H groups in total. The Kier molecular flexibility index (Phi) is 6.26. The van der Waals surface area contributed by atoms with Gasteiger partial charge in [-0.25, -0.2) is 8.42 Å². The van der Waals surface area contributed by atoms with Crippen molar-refractivity contribution in [1.82, 2.24) is 5.32 Å². The van der Waals surface area contributed by atoms with Crippen molar-refractivity contribution in [1.29, 1.82) is 0 Å². The highest BCUT2D eigenvalue weighted by molar-refractivity contribution is 7.90. The van der Waals surface area contributed by atoms with Gasteiger partial charge in [0.2, 0.25) is 0 Å². The van der Waals surface area contributed by atoms with Gasteiger partial charge in [0.05, 0.1) is 18.0 Å². The molecular formula is C19H23NO5S. The van der Waals surface area contributed by atoms with Gasteiger partial charge < -0.3 is 14.8 Å². The van der Waals surface area contributed by atoms with E-state index in [1.165, 1.54) is 19.2 Å². The highest BCUT2D eigenvalue weighted by Crippen LogP contribution is 2.27. The molecule has 2 aromatic carbocycles. The van der Waals surface area contributed by atoms with Crippen molar-refractivity contribution in [2.24, 2.45) is 0 Å². The van der Waals surface area contributed by atoms with E-state index < -0.39 is 15.9 Å². The second-order valence-corrected chi connectivity index (χ2v) is 8.00. The zero-order valence-corrected chi connectivity index (χ0v) is 16.0. The van der Waals surface area contributed by atoms with Crippen LogP contribution in [0.2, 0.25) is 0 Å². The summed E-state index contributed by atoms with van der Waals surface area (Å²) < 4.78 is 33.9. The van der Waals surface area contributed by atoms with Crippen LogP contribution in [-0.2, 0) is 14.6 Å². The molecule has 140 valence electrons. The predicted octanol–water partition coefficient (Wildman–Crippen LogP) is 2.74. The Morgan fingerprint density at radius 3 is 2.12 bits per heavy atom. The van der Waals surface area contributed by atoms with Crippen LogP contribution in [-0.4, -0.2) is 33.8 Å². The summed E-state index contributed by atoms with van der Waals surface area (Å²) in [5.41, 5.74) is 0.801. The van der Waals surface area contributed by atoms with Crippen LogP contribution in [0.15, 0.2) is 53.4 Å². The highest BCUT2D eigenvalue weighted by atomic mass is 32.2. The molecule has 0 saturated carbocycles. The van der Waals surface area contributed by atoms with Crippen LogP contribution in [0.5, 0.6) is 11.5 Å². The maximum Gasteiger partial charge on any atom is 0.261 e. The Balaban J connectivity index is 2.01. The van der Waals surface area contributed by atoms with Gasteiger partial charge in [-0.15, -0.1) is 0 Å². The fourth-order valence-electron chi connectivity index (χ4n) is 2.38. The minimum Gasteiger partial charge on any atom is -0.493 e. The maximum absolute atomic E-state index is 12.4. The van der Waals surface area contributed by atoms with Gasteiger partial charge in [0.15, 0.2) is 27.4 Å². The van der Waals surface area contributed by atoms with Gasteiger partial charge in [-0.05, 0) is 43.7 Å². The summed E-state index contributed by atoms with van der Waals surface area (Å²) in [6.45, 7) is 3.48. The van der Waals surface area contributed by atoms with E-state index >= 15 is 0 Å². The van der Waals surface area contributed by atoms with Crippen molar-refractivity contribution < 1.29 is 22.7 Å². The minimum absolute atomic E-state index is 0.243. The number of nitrogens with one attached hydrogen (secondary N) is 1. The molecule has 0 saturated heterocycles. The van der Waals surface area contributed by atoms with Crippen LogP contribution >= 0.6 is 0 Å². The summed E-state index contributed by atoms with van der Waals surface area (Å²) in [6, 6.07) is 13.2. The number of rotatable bonds is 7. The smallest absolute Gasteiger partial charge is 0.261 e. The zero-order valence-electron chi connectivity index (χ0n) is 15.2. The molecule has 2 aromatic rings. The quantitative estimate of drug-likeness (QED) is 0.802. The molecule has 2 atom stereocenters. The van der Waals surface area contributed by atoms with Gasteiger partial charge in [0, 0.05) is 6.26 Å². The molecule has 0 bridgehead atoms. The molecule has 1 amide bonds. The lowest BCUT2D eigenvalue weighted by atomic mass is 10.1. The number of hydrogen-bond donors (Lipinski definition) is 1. The van der Waals surface area contributed by atoms with E-state index in [1.807, 2.05) is 13.0 Å². The van der Waals surface area contributed by atoms with Crippen LogP contribution in [0, 0.1) is 0 Å². The average Bonchev–Trinajstić information content (AvgIpc) is 2.61. The van der Waals surface area contributed by atoms with Crippen molar-refractivity contribution in [3.8, 4) is 11.5 Å². The summed E-state index contributed by atoms with van der Waals surface area (Å²) in [4.78, 5) is 12.6. The molecule has 0 aliphatic heterocycles. The van der Waals surface area contributed by atoms with Crippen molar-refractivity contribution in [2.45, 2.75) is 30.9 Å². The van der Waals surface area contributed by atoms with Gasteiger partial charge in [-0.1, -0.05) is 24.3 Å². The number of amides is 1. The Morgan fingerprint density at radius 2 is 1.58 bits per heavy atom. The minimum atomic E-state index is -3.24. The lowest BCUT2D eigenvalue weighted by Gasteiger charge is -2.20. The first-order valence-corrected chi connectivity index (χ1v) is 10.0. The Hall–Kier alpha value is -2.54. The average molecular weight is 377 g/mol. The van der Waals surface area contributed by atoms with Crippen molar-refractivity contribution in [3.63, 3.8) is 0 Å². The zero-order chi connectivity index (χ0) is 19.3. The Bertz CT molecular complexity index is 862. The van der Waals surface area contributed by atoms with Crippen LogP contribution < -0.4 is 14.8 Å². The summed E-state index contributed by atoms with van der Waals surface area (Å²) in [5, 5.41) is 2.86. The number of carbonyl (C=O) groups is 1. The third-order valence-corrected chi connectivity index (χ3v) is 5.04. The van der Waals surface area contributed by atoms with E-state index in [0.29, 0.717) is 11.5 Å². The number of hydrogen-bond acceptors (Lipinski definition) is 5. The van der Waals surface area contributed by atoms with Crippen LogP contribution in [0.3, 0.4) is 0 Å². The molecule has 0 aromatic heterocycles. The molecule has 6 nitrogen and oxygen atoms in total. The largest absolute Gasteiger partial charge is 0.493 e. The van der Waals surface area contributed by atoms with Gasteiger partial charge in [0.1, 0.15) is 0 Å². The molecule has 0 fully saturated rings. The molecule has 0 heterocycles. The molecule has 7 heteroatoms. The van der Waals surface area contributed by atoms with Crippen molar-refractivity contribution in [3.05, 3.63) is 54.1 Å². The number of benzene rings is 2. The first kappa shape index (κ1) is 19.8. The lowest BCUT2D eigenvalue weighted by Crippen LogP contribution is -2.37. The van der Waals surface area contributed by atoms with Crippen LogP contribution in [0.25, 0.3) is 0 Å². The number of sulfone groups is 1. The molecular weight excluding hydrogens is 354 g/mol.